The van der Waals surface area contributed by atoms with E-state index in [1.165, 1.54) is 16.2 Å². The summed E-state index contributed by atoms with van der Waals surface area (Å²) in [6.07, 6.45) is -1.17. The molecule has 0 saturated heterocycles. The molecule has 0 aliphatic carbocycles. The standard InChI is InChI=1S/C15H17NO3S/c17-13(14-7-4-10-20-14)8-9-16(15(18)19)11-12-5-2-1-3-6-12/h1-7,10,13,17H,8-9,11H2,(H,18,19)/t13-/m0/s1. The van der Waals surface area contributed by atoms with Gasteiger partial charge in [0.2, 0.25) is 0 Å². The van der Waals surface area contributed by atoms with Gasteiger partial charge in [-0.1, -0.05) is 36.4 Å². The first-order chi connectivity index (χ1) is 9.66. The van der Waals surface area contributed by atoms with E-state index < -0.39 is 12.2 Å². The third-order valence-electron chi connectivity index (χ3n) is 3.03. The number of rotatable bonds is 6. The van der Waals surface area contributed by atoms with Gasteiger partial charge in [-0.3, -0.25) is 0 Å². The molecule has 2 N–H and O–H groups in total. The van der Waals surface area contributed by atoms with Crippen molar-refractivity contribution in [2.24, 2.45) is 0 Å². The Labute approximate surface area is 121 Å². The van der Waals surface area contributed by atoms with Gasteiger partial charge in [-0.2, -0.15) is 0 Å². The smallest absolute Gasteiger partial charge is 0.407 e. The van der Waals surface area contributed by atoms with Gasteiger partial charge in [0.15, 0.2) is 0 Å². The number of hydrogen-bond donors (Lipinski definition) is 2. The maximum Gasteiger partial charge on any atom is 0.407 e. The Hall–Kier alpha value is -1.85. The lowest BCUT2D eigenvalue weighted by Crippen LogP contribution is -2.30. The van der Waals surface area contributed by atoms with Crippen molar-refractivity contribution in [3.63, 3.8) is 0 Å². The average Bonchev–Trinajstić information content (AvgIpc) is 2.98. The zero-order valence-electron chi connectivity index (χ0n) is 11.0. The number of hydrogen-bond acceptors (Lipinski definition) is 3. The summed E-state index contributed by atoms with van der Waals surface area (Å²) in [6, 6.07) is 13.2. The summed E-state index contributed by atoms with van der Waals surface area (Å²) in [7, 11) is 0. The second-order valence-corrected chi connectivity index (χ2v) is 5.49. The molecule has 0 spiro atoms. The van der Waals surface area contributed by atoms with Gasteiger partial charge in [0.1, 0.15) is 0 Å². The number of aliphatic hydroxyl groups is 1. The second kappa shape index (κ2) is 7.07. The minimum absolute atomic E-state index is 0.309. The maximum absolute atomic E-state index is 11.2. The molecular weight excluding hydrogens is 274 g/mol. The first-order valence-corrected chi connectivity index (χ1v) is 7.28. The predicted octanol–water partition coefficient (Wildman–Crippen LogP) is 3.35. The summed E-state index contributed by atoms with van der Waals surface area (Å²) in [5.74, 6) is 0. The van der Waals surface area contributed by atoms with Crippen molar-refractivity contribution >= 4 is 17.4 Å². The van der Waals surface area contributed by atoms with Gasteiger partial charge in [-0.05, 0) is 23.4 Å². The predicted molar refractivity (Wildman–Crippen MR) is 78.8 cm³/mol. The Balaban J connectivity index is 1.91. The zero-order chi connectivity index (χ0) is 14.4. The minimum Gasteiger partial charge on any atom is -0.465 e. The van der Waals surface area contributed by atoms with Crippen molar-refractivity contribution in [2.75, 3.05) is 6.54 Å². The molecule has 1 atom stereocenters. The van der Waals surface area contributed by atoms with Gasteiger partial charge >= 0.3 is 6.09 Å². The van der Waals surface area contributed by atoms with E-state index in [2.05, 4.69) is 0 Å². The van der Waals surface area contributed by atoms with Crippen molar-refractivity contribution in [3.05, 3.63) is 58.3 Å². The molecule has 106 valence electrons. The van der Waals surface area contributed by atoms with E-state index in [9.17, 15) is 15.0 Å². The van der Waals surface area contributed by atoms with E-state index in [0.717, 1.165) is 10.4 Å². The molecule has 1 heterocycles. The molecule has 5 heteroatoms. The largest absolute Gasteiger partial charge is 0.465 e. The highest BCUT2D eigenvalue weighted by Gasteiger charge is 2.15. The van der Waals surface area contributed by atoms with Gasteiger partial charge in [0.05, 0.1) is 6.10 Å². The summed E-state index contributed by atoms with van der Waals surface area (Å²) >= 11 is 1.48. The monoisotopic (exact) mass is 291 g/mol. The van der Waals surface area contributed by atoms with Gasteiger partial charge in [-0.15, -0.1) is 11.3 Å². The normalized spacial score (nSPS) is 12.1. The molecule has 1 aromatic heterocycles. The van der Waals surface area contributed by atoms with Crippen molar-refractivity contribution in [2.45, 2.75) is 19.1 Å². The minimum atomic E-state index is -0.966. The van der Waals surface area contributed by atoms with Gasteiger partial charge in [0, 0.05) is 18.0 Å². The van der Waals surface area contributed by atoms with Crippen LogP contribution in [-0.4, -0.2) is 27.8 Å². The molecule has 20 heavy (non-hydrogen) atoms. The fraction of sp³-hybridized carbons (Fsp3) is 0.267. The molecule has 2 rings (SSSR count). The van der Waals surface area contributed by atoms with Crippen LogP contribution in [-0.2, 0) is 6.54 Å². The second-order valence-electron chi connectivity index (χ2n) is 4.51. The van der Waals surface area contributed by atoms with Crippen LogP contribution in [0.2, 0.25) is 0 Å². The van der Waals surface area contributed by atoms with Crippen LogP contribution in [0.5, 0.6) is 0 Å². The lowest BCUT2D eigenvalue weighted by molar-refractivity contribution is 0.120. The lowest BCUT2D eigenvalue weighted by atomic mass is 10.2. The van der Waals surface area contributed by atoms with Crippen LogP contribution in [0.25, 0.3) is 0 Å². The molecule has 2 aromatic rings. The first-order valence-electron chi connectivity index (χ1n) is 6.40. The van der Waals surface area contributed by atoms with Crippen LogP contribution in [0.3, 0.4) is 0 Å². The number of carboxylic acid groups (broad SMARTS) is 1. The Morgan fingerprint density at radius 3 is 2.55 bits per heavy atom. The van der Waals surface area contributed by atoms with Crippen LogP contribution in [0.1, 0.15) is 23.0 Å². The number of amides is 1. The number of nitrogens with zero attached hydrogens (tertiary/aromatic N) is 1. The average molecular weight is 291 g/mol. The maximum atomic E-state index is 11.2. The van der Waals surface area contributed by atoms with E-state index in [4.69, 9.17) is 0 Å². The fourth-order valence-corrected chi connectivity index (χ4v) is 2.69. The molecular formula is C15H17NO3S. The van der Waals surface area contributed by atoms with Gasteiger partial charge < -0.3 is 15.1 Å². The van der Waals surface area contributed by atoms with E-state index in [0.29, 0.717) is 19.5 Å². The Kier molecular flexibility index (Phi) is 5.15. The van der Waals surface area contributed by atoms with Crippen molar-refractivity contribution in [3.8, 4) is 0 Å². The third-order valence-corrected chi connectivity index (χ3v) is 4.00. The molecule has 1 aromatic carbocycles. The van der Waals surface area contributed by atoms with E-state index in [1.807, 2.05) is 47.8 Å². The Morgan fingerprint density at radius 1 is 1.20 bits per heavy atom. The summed E-state index contributed by atoms with van der Waals surface area (Å²) in [4.78, 5) is 13.4. The SMILES string of the molecule is O=C(O)N(CC[C@H](O)c1cccs1)Cc1ccccc1. The van der Waals surface area contributed by atoms with E-state index in [1.54, 1.807) is 0 Å². The van der Waals surface area contributed by atoms with E-state index >= 15 is 0 Å². The summed E-state index contributed by atoms with van der Waals surface area (Å²) < 4.78 is 0. The number of carbonyl (C=O) groups is 1. The molecule has 0 aliphatic heterocycles. The quantitative estimate of drug-likeness (QED) is 0.858. The third kappa shape index (κ3) is 4.08. The van der Waals surface area contributed by atoms with Crippen LogP contribution in [0.4, 0.5) is 4.79 Å². The van der Waals surface area contributed by atoms with Gasteiger partial charge in [-0.25, -0.2) is 4.79 Å². The van der Waals surface area contributed by atoms with Crippen molar-refractivity contribution in [1.82, 2.24) is 4.90 Å². The molecule has 0 radical (unpaired) electrons. The highest BCUT2D eigenvalue weighted by molar-refractivity contribution is 7.10. The lowest BCUT2D eigenvalue weighted by Gasteiger charge is -2.20. The summed E-state index contributed by atoms with van der Waals surface area (Å²) in [5, 5.41) is 21.1. The van der Waals surface area contributed by atoms with Crippen LogP contribution in [0, 0.1) is 0 Å². The van der Waals surface area contributed by atoms with Crippen molar-refractivity contribution < 1.29 is 15.0 Å². The first kappa shape index (κ1) is 14.6. The highest BCUT2D eigenvalue weighted by atomic mass is 32.1. The van der Waals surface area contributed by atoms with Gasteiger partial charge in [0.25, 0.3) is 0 Å². The molecule has 0 unspecified atom stereocenters. The number of benzene rings is 1. The van der Waals surface area contributed by atoms with Crippen LogP contribution < -0.4 is 0 Å². The van der Waals surface area contributed by atoms with Crippen LogP contribution >= 0.6 is 11.3 Å². The fourth-order valence-electron chi connectivity index (χ4n) is 1.95. The van der Waals surface area contributed by atoms with Crippen molar-refractivity contribution in [1.29, 1.82) is 0 Å². The topological polar surface area (TPSA) is 60.8 Å². The van der Waals surface area contributed by atoms with E-state index in [-0.39, 0.29) is 0 Å². The molecule has 0 saturated carbocycles. The van der Waals surface area contributed by atoms with Crippen LogP contribution in [0.15, 0.2) is 47.8 Å². The zero-order valence-corrected chi connectivity index (χ0v) is 11.8. The molecule has 0 bridgehead atoms. The summed E-state index contributed by atoms with van der Waals surface area (Å²) in [5.41, 5.74) is 0.945. The number of aliphatic hydroxyl groups excluding tert-OH is 1. The Morgan fingerprint density at radius 2 is 1.95 bits per heavy atom. The molecule has 0 fully saturated rings. The molecule has 0 aliphatic rings. The molecule has 1 amide bonds. The highest BCUT2D eigenvalue weighted by Crippen LogP contribution is 2.22. The summed E-state index contributed by atoms with van der Waals surface area (Å²) in [6.45, 7) is 0.649. The number of thiophene rings is 1. The Bertz CT molecular complexity index is 527. The molecule has 4 nitrogen and oxygen atoms in total.